The van der Waals surface area contributed by atoms with Crippen molar-refractivity contribution in [3.63, 3.8) is 0 Å². The summed E-state index contributed by atoms with van der Waals surface area (Å²) in [5.41, 5.74) is 7.72. The Kier molecular flexibility index (Phi) is 8.71. The van der Waals surface area contributed by atoms with E-state index in [1.807, 2.05) is 12.1 Å². The summed E-state index contributed by atoms with van der Waals surface area (Å²) in [6.07, 6.45) is 0.536. The van der Waals surface area contributed by atoms with Crippen LogP contribution in [0, 0.1) is 11.8 Å². The standard InChI is InChI=1S/C25H36ClN3O4/c1-14(2)22(21(31)9-15(3)27)24(33)29-13-18(30)11-20(29)23(32)28-12-16-7-8-17(26)10-19(16)25(4,5)6/h7-10,14,18,20,22,30H,11-13,27H2,1-6H3,(H,28,32)/b15-9-. The Morgan fingerprint density at radius 1 is 1.30 bits per heavy atom. The zero-order valence-electron chi connectivity index (χ0n) is 20.3. The van der Waals surface area contributed by atoms with Gasteiger partial charge in [0.05, 0.1) is 6.10 Å². The molecule has 1 aromatic rings. The number of allylic oxidation sites excluding steroid dienone is 2. The van der Waals surface area contributed by atoms with Crippen LogP contribution in [0.1, 0.15) is 59.1 Å². The van der Waals surface area contributed by atoms with Crippen molar-refractivity contribution < 1.29 is 19.5 Å². The number of nitrogens with zero attached hydrogens (tertiary/aromatic N) is 1. The highest BCUT2D eigenvalue weighted by Crippen LogP contribution is 2.29. The SMILES string of the molecule is C/C(N)=C/C(=O)C(C(=O)N1CC(O)CC1C(=O)NCc1ccc(Cl)cc1C(C)(C)C)C(C)C. The van der Waals surface area contributed by atoms with Crippen LogP contribution in [0.4, 0.5) is 0 Å². The van der Waals surface area contributed by atoms with Crippen molar-refractivity contribution in [2.75, 3.05) is 6.54 Å². The number of nitrogens with one attached hydrogen (secondary N) is 1. The molecule has 1 aliphatic rings. The third-order valence-electron chi connectivity index (χ3n) is 5.81. The topological polar surface area (TPSA) is 113 Å². The van der Waals surface area contributed by atoms with Gasteiger partial charge in [0.2, 0.25) is 11.8 Å². The van der Waals surface area contributed by atoms with Gasteiger partial charge in [-0.1, -0.05) is 52.3 Å². The average Bonchev–Trinajstić information content (AvgIpc) is 3.07. The van der Waals surface area contributed by atoms with E-state index >= 15 is 0 Å². The van der Waals surface area contributed by atoms with Crippen LogP contribution in [0.25, 0.3) is 0 Å². The van der Waals surface area contributed by atoms with Crippen molar-refractivity contribution in [2.45, 2.75) is 72.1 Å². The van der Waals surface area contributed by atoms with Crippen molar-refractivity contribution in [3.8, 4) is 0 Å². The molecular weight excluding hydrogens is 442 g/mol. The van der Waals surface area contributed by atoms with E-state index in [1.54, 1.807) is 26.8 Å². The number of hydrogen-bond donors (Lipinski definition) is 3. The number of carbonyl (C=O) groups excluding carboxylic acids is 3. The lowest BCUT2D eigenvalue weighted by Gasteiger charge is -2.29. The molecule has 3 atom stereocenters. The maximum Gasteiger partial charge on any atom is 0.243 e. The number of halogens is 1. The fourth-order valence-electron chi connectivity index (χ4n) is 4.24. The normalized spacial score (nSPS) is 20.2. The molecule has 8 heteroatoms. The van der Waals surface area contributed by atoms with E-state index in [0.717, 1.165) is 11.1 Å². The Morgan fingerprint density at radius 3 is 2.48 bits per heavy atom. The largest absolute Gasteiger partial charge is 0.402 e. The third kappa shape index (κ3) is 6.81. The molecule has 2 amide bonds. The second-order valence-corrected chi connectivity index (χ2v) is 10.6. The average molecular weight is 478 g/mol. The molecule has 0 saturated carbocycles. The van der Waals surface area contributed by atoms with Crippen molar-refractivity contribution >= 4 is 29.2 Å². The lowest BCUT2D eigenvalue weighted by Crippen LogP contribution is -2.49. The molecule has 1 aromatic carbocycles. The molecule has 1 heterocycles. The number of aliphatic hydroxyl groups is 1. The third-order valence-corrected chi connectivity index (χ3v) is 6.04. The fraction of sp³-hybridized carbons (Fsp3) is 0.560. The van der Waals surface area contributed by atoms with Crippen LogP contribution in [0.3, 0.4) is 0 Å². The van der Waals surface area contributed by atoms with Crippen LogP contribution in [0.5, 0.6) is 0 Å². The highest BCUT2D eigenvalue weighted by atomic mass is 35.5. The number of ketones is 1. The number of β-amino-alcohol motifs (C(OH)–C–C–N with tert-alkyl or cyclic N) is 1. The predicted octanol–water partition coefficient (Wildman–Crippen LogP) is 2.92. The summed E-state index contributed by atoms with van der Waals surface area (Å²) in [6.45, 7) is 11.6. The molecule has 1 saturated heterocycles. The Balaban J connectivity index is 2.22. The molecule has 3 unspecified atom stereocenters. The number of amides is 2. The van der Waals surface area contributed by atoms with Gasteiger partial charge in [-0.25, -0.2) is 0 Å². The van der Waals surface area contributed by atoms with Gasteiger partial charge in [-0.3, -0.25) is 14.4 Å². The van der Waals surface area contributed by atoms with Gasteiger partial charge in [0, 0.05) is 36.3 Å². The molecule has 2 rings (SSSR count). The maximum atomic E-state index is 13.3. The predicted molar refractivity (Wildman–Crippen MR) is 129 cm³/mol. The number of nitrogens with two attached hydrogens (primary N) is 1. The van der Waals surface area contributed by atoms with E-state index < -0.39 is 29.8 Å². The van der Waals surface area contributed by atoms with Crippen LogP contribution < -0.4 is 11.1 Å². The molecule has 0 radical (unpaired) electrons. The molecule has 0 aliphatic carbocycles. The number of likely N-dealkylation sites (tertiary alicyclic amines) is 1. The molecule has 1 fully saturated rings. The molecule has 7 nitrogen and oxygen atoms in total. The van der Waals surface area contributed by atoms with Gasteiger partial charge in [-0.05, 0) is 41.5 Å². The van der Waals surface area contributed by atoms with Gasteiger partial charge in [-0.15, -0.1) is 0 Å². The van der Waals surface area contributed by atoms with Crippen LogP contribution >= 0.6 is 11.6 Å². The van der Waals surface area contributed by atoms with Gasteiger partial charge in [0.25, 0.3) is 0 Å². The van der Waals surface area contributed by atoms with E-state index in [9.17, 15) is 19.5 Å². The highest BCUT2D eigenvalue weighted by Gasteiger charge is 2.43. The van der Waals surface area contributed by atoms with Gasteiger partial charge in [0.15, 0.2) is 5.78 Å². The summed E-state index contributed by atoms with van der Waals surface area (Å²) < 4.78 is 0. The van der Waals surface area contributed by atoms with Crippen LogP contribution in [0.2, 0.25) is 5.02 Å². The van der Waals surface area contributed by atoms with Crippen LogP contribution in [-0.4, -0.2) is 46.3 Å². The highest BCUT2D eigenvalue weighted by molar-refractivity contribution is 6.30. The Labute approximate surface area is 201 Å². The van der Waals surface area contributed by atoms with Crippen LogP contribution in [-0.2, 0) is 26.3 Å². The fourth-order valence-corrected chi connectivity index (χ4v) is 4.41. The second-order valence-electron chi connectivity index (χ2n) is 10.2. The lowest BCUT2D eigenvalue weighted by molar-refractivity contribution is -0.146. The molecule has 33 heavy (non-hydrogen) atoms. The number of rotatable bonds is 7. The molecule has 1 aliphatic heterocycles. The zero-order valence-corrected chi connectivity index (χ0v) is 21.1. The molecular formula is C25H36ClN3O4. The monoisotopic (exact) mass is 477 g/mol. The van der Waals surface area contributed by atoms with Crippen molar-refractivity contribution in [1.82, 2.24) is 10.2 Å². The Morgan fingerprint density at radius 2 is 1.94 bits per heavy atom. The summed E-state index contributed by atoms with van der Waals surface area (Å²) in [7, 11) is 0. The summed E-state index contributed by atoms with van der Waals surface area (Å²) in [5, 5.41) is 13.8. The van der Waals surface area contributed by atoms with Gasteiger partial charge in [0.1, 0.15) is 12.0 Å². The molecule has 182 valence electrons. The van der Waals surface area contributed by atoms with E-state index in [4.69, 9.17) is 17.3 Å². The summed E-state index contributed by atoms with van der Waals surface area (Å²) in [5.74, 6) is -2.48. The van der Waals surface area contributed by atoms with E-state index in [-0.39, 0.29) is 36.8 Å². The minimum Gasteiger partial charge on any atom is -0.402 e. The summed E-state index contributed by atoms with van der Waals surface area (Å²) in [6, 6.07) is 4.70. The van der Waals surface area contributed by atoms with E-state index in [1.165, 1.54) is 11.0 Å². The minimum atomic E-state index is -0.965. The molecule has 4 N–H and O–H groups in total. The van der Waals surface area contributed by atoms with E-state index in [0.29, 0.717) is 10.7 Å². The first-order valence-corrected chi connectivity index (χ1v) is 11.6. The summed E-state index contributed by atoms with van der Waals surface area (Å²) >= 11 is 6.17. The van der Waals surface area contributed by atoms with Crippen molar-refractivity contribution in [3.05, 3.63) is 46.1 Å². The smallest absolute Gasteiger partial charge is 0.243 e. The number of aliphatic hydroxyl groups excluding tert-OH is 1. The van der Waals surface area contributed by atoms with Gasteiger partial charge < -0.3 is 21.1 Å². The number of benzene rings is 1. The first-order chi connectivity index (χ1) is 15.2. The number of carbonyl (C=O) groups is 3. The maximum absolute atomic E-state index is 13.3. The van der Waals surface area contributed by atoms with Crippen molar-refractivity contribution in [2.24, 2.45) is 17.6 Å². The van der Waals surface area contributed by atoms with Gasteiger partial charge >= 0.3 is 0 Å². The molecule has 0 spiro atoms. The lowest BCUT2D eigenvalue weighted by atomic mass is 9.83. The van der Waals surface area contributed by atoms with Crippen LogP contribution in [0.15, 0.2) is 30.0 Å². The first-order valence-electron chi connectivity index (χ1n) is 11.2. The first kappa shape index (κ1) is 26.9. The summed E-state index contributed by atoms with van der Waals surface area (Å²) in [4.78, 5) is 40.4. The molecule has 0 aromatic heterocycles. The molecule has 0 bridgehead atoms. The van der Waals surface area contributed by atoms with Crippen molar-refractivity contribution in [1.29, 1.82) is 0 Å². The van der Waals surface area contributed by atoms with E-state index in [2.05, 4.69) is 26.1 Å². The Hall–Kier alpha value is -2.38. The minimum absolute atomic E-state index is 0.00687. The second kappa shape index (κ2) is 10.7. The quantitative estimate of drug-likeness (QED) is 0.413. The zero-order chi connectivity index (χ0) is 25.1. The number of hydrogen-bond acceptors (Lipinski definition) is 5. The Bertz CT molecular complexity index is 932. The van der Waals surface area contributed by atoms with Gasteiger partial charge in [-0.2, -0.15) is 0 Å².